The van der Waals surface area contributed by atoms with Crippen molar-refractivity contribution in [3.8, 4) is 0 Å². The van der Waals surface area contributed by atoms with Gasteiger partial charge in [-0.1, -0.05) is 0 Å². The molecule has 2 unspecified atom stereocenters. The maximum atomic E-state index is 10.9. The molecule has 2 rings (SSSR count). The lowest BCUT2D eigenvalue weighted by Gasteiger charge is -2.14. The van der Waals surface area contributed by atoms with Crippen molar-refractivity contribution >= 4 is 17.2 Å². The number of nitrogens with one attached hydrogen (secondary N) is 1. The molecule has 1 aliphatic rings. The van der Waals surface area contributed by atoms with Crippen LogP contribution in [0, 0.1) is 0 Å². The molecule has 4 nitrogen and oxygen atoms in total. The molecule has 1 aromatic rings. The fourth-order valence-corrected chi connectivity index (χ4v) is 2.66. The minimum absolute atomic E-state index is 0.274. The first-order valence-electron chi connectivity index (χ1n) is 5.39. The van der Waals surface area contributed by atoms with Gasteiger partial charge in [-0.25, -0.2) is 0 Å². The largest absolute Gasteiger partial charge is 0.377 e. The van der Waals surface area contributed by atoms with Gasteiger partial charge < -0.3 is 15.8 Å². The number of rotatable bonds is 4. The lowest BCUT2D eigenvalue weighted by molar-refractivity contribution is 0.100. The summed E-state index contributed by atoms with van der Waals surface area (Å²) >= 11 is 1.56. The van der Waals surface area contributed by atoms with E-state index in [2.05, 4.69) is 12.2 Å². The van der Waals surface area contributed by atoms with Gasteiger partial charge in [-0.05, 0) is 19.4 Å². The Morgan fingerprint density at radius 3 is 3.12 bits per heavy atom. The Hall–Kier alpha value is -0.910. The number of nitrogens with two attached hydrogens (primary N) is 1. The van der Waals surface area contributed by atoms with E-state index >= 15 is 0 Å². The van der Waals surface area contributed by atoms with Crippen LogP contribution in [-0.4, -0.2) is 24.7 Å². The molecule has 1 aromatic heterocycles. The summed E-state index contributed by atoms with van der Waals surface area (Å²) in [6, 6.07) is 2.26. The van der Waals surface area contributed by atoms with Crippen LogP contribution in [0.4, 0.5) is 0 Å². The zero-order valence-electron chi connectivity index (χ0n) is 9.23. The summed E-state index contributed by atoms with van der Waals surface area (Å²) in [6.07, 6.45) is 1.32. The molecule has 16 heavy (non-hydrogen) atoms. The fraction of sp³-hybridized carbons (Fsp3) is 0.545. The van der Waals surface area contributed by atoms with E-state index in [9.17, 15) is 4.79 Å². The van der Waals surface area contributed by atoms with Gasteiger partial charge in [0.2, 0.25) is 5.91 Å². The van der Waals surface area contributed by atoms with E-state index in [1.165, 1.54) is 0 Å². The van der Waals surface area contributed by atoms with Crippen molar-refractivity contribution in [1.29, 1.82) is 0 Å². The molecule has 0 bridgehead atoms. The highest BCUT2D eigenvalue weighted by atomic mass is 32.1. The van der Waals surface area contributed by atoms with Crippen molar-refractivity contribution in [3.63, 3.8) is 0 Å². The summed E-state index contributed by atoms with van der Waals surface area (Å²) in [7, 11) is 0. The van der Waals surface area contributed by atoms with Gasteiger partial charge in [0.25, 0.3) is 0 Å². The second-order valence-corrected chi connectivity index (χ2v) is 5.01. The van der Waals surface area contributed by atoms with Crippen LogP contribution in [0.5, 0.6) is 0 Å². The van der Waals surface area contributed by atoms with E-state index in [1.54, 1.807) is 16.7 Å². The number of hydrogen-bond donors (Lipinski definition) is 2. The fourth-order valence-electron chi connectivity index (χ4n) is 1.83. The molecule has 2 heterocycles. The van der Waals surface area contributed by atoms with Crippen LogP contribution in [0.25, 0.3) is 0 Å². The minimum atomic E-state index is -0.361. The van der Waals surface area contributed by atoms with Crippen LogP contribution < -0.4 is 11.1 Å². The zero-order valence-corrected chi connectivity index (χ0v) is 10.0. The van der Waals surface area contributed by atoms with Crippen LogP contribution in [0.1, 0.15) is 28.6 Å². The van der Waals surface area contributed by atoms with Gasteiger partial charge in [0, 0.05) is 29.5 Å². The third-order valence-corrected chi connectivity index (χ3v) is 3.79. The molecule has 1 amide bonds. The monoisotopic (exact) mass is 240 g/mol. The molecule has 0 spiro atoms. The molecule has 2 atom stereocenters. The molecule has 1 aliphatic heterocycles. The lowest BCUT2D eigenvalue weighted by Crippen LogP contribution is -2.33. The standard InChI is InChI=1S/C11H16N2O2S/c1-7-10(2-3-15-7)13-5-9-4-8(6-16-9)11(12)14/h4,6-7,10,13H,2-3,5H2,1H3,(H2,12,14). The van der Waals surface area contributed by atoms with Crippen molar-refractivity contribution in [3.05, 3.63) is 21.9 Å². The number of hydrogen-bond acceptors (Lipinski definition) is 4. The van der Waals surface area contributed by atoms with Crippen molar-refractivity contribution in [2.45, 2.75) is 32.0 Å². The molecule has 88 valence electrons. The van der Waals surface area contributed by atoms with Crippen LogP contribution in [0.3, 0.4) is 0 Å². The van der Waals surface area contributed by atoms with Gasteiger partial charge >= 0.3 is 0 Å². The van der Waals surface area contributed by atoms with E-state index < -0.39 is 0 Å². The van der Waals surface area contributed by atoms with Crippen LogP contribution in [0.2, 0.25) is 0 Å². The van der Waals surface area contributed by atoms with Crippen LogP contribution in [0.15, 0.2) is 11.4 Å². The molecule has 5 heteroatoms. The van der Waals surface area contributed by atoms with Gasteiger partial charge in [0.1, 0.15) is 0 Å². The van der Waals surface area contributed by atoms with Crippen LogP contribution in [-0.2, 0) is 11.3 Å². The van der Waals surface area contributed by atoms with Gasteiger partial charge in [0.15, 0.2) is 0 Å². The van der Waals surface area contributed by atoms with Gasteiger partial charge in [-0.15, -0.1) is 11.3 Å². The first kappa shape index (κ1) is 11.6. The molecule has 3 N–H and O–H groups in total. The first-order valence-corrected chi connectivity index (χ1v) is 6.27. The Morgan fingerprint density at radius 1 is 1.75 bits per heavy atom. The van der Waals surface area contributed by atoms with Crippen LogP contribution >= 0.6 is 11.3 Å². The molecule has 0 saturated carbocycles. The number of thiophene rings is 1. The quantitative estimate of drug-likeness (QED) is 0.828. The average molecular weight is 240 g/mol. The van der Waals surface area contributed by atoms with Crippen molar-refractivity contribution in [2.24, 2.45) is 5.73 Å². The molecular weight excluding hydrogens is 224 g/mol. The van der Waals surface area contributed by atoms with Crippen molar-refractivity contribution < 1.29 is 9.53 Å². The molecule has 0 radical (unpaired) electrons. The first-order chi connectivity index (χ1) is 7.66. The Labute approximate surface area is 98.8 Å². The van der Waals surface area contributed by atoms with E-state index in [0.717, 1.165) is 24.4 Å². The number of amides is 1. The predicted octanol–water partition coefficient (Wildman–Crippen LogP) is 1.11. The van der Waals surface area contributed by atoms with E-state index in [-0.39, 0.29) is 12.0 Å². The molecule has 0 aliphatic carbocycles. The third kappa shape index (κ3) is 2.61. The molecular formula is C11H16N2O2S. The second kappa shape index (κ2) is 4.95. The summed E-state index contributed by atoms with van der Waals surface area (Å²) in [6.45, 7) is 3.68. The van der Waals surface area contributed by atoms with Crippen molar-refractivity contribution in [1.82, 2.24) is 5.32 Å². The highest BCUT2D eigenvalue weighted by molar-refractivity contribution is 7.10. The number of carbonyl (C=O) groups is 1. The smallest absolute Gasteiger partial charge is 0.249 e. The average Bonchev–Trinajstić information content (AvgIpc) is 2.83. The van der Waals surface area contributed by atoms with E-state index in [1.807, 2.05) is 6.07 Å². The molecule has 1 fully saturated rings. The summed E-state index contributed by atoms with van der Waals surface area (Å²) in [5.74, 6) is -0.361. The van der Waals surface area contributed by atoms with Gasteiger partial charge in [-0.3, -0.25) is 4.79 Å². The maximum absolute atomic E-state index is 10.9. The number of ether oxygens (including phenoxy) is 1. The topological polar surface area (TPSA) is 64.3 Å². The second-order valence-electron chi connectivity index (χ2n) is 4.02. The third-order valence-electron chi connectivity index (χ3n) is 2.85. The van der Waals surface area contributed by atoms with E-state index in [4.69, 9.17) is 10.5 Å². The summed E-state index contributed by atoms with van der Waals surface area (Å²) in [5.41, 5.74) is 5.79. The van der Waals surface area contributed by atoms with Gasteiger partial charge in [0.05, 0.1) is 11.7 Å². The summed E-state index contributed by atoms with van der Waals surface area (Å²) in [4.78, 5) is 12.0. The number of primary amides is 1. The Kier molecular flexibility index (Phi) is 3.58. The highest BCUT2D eigenvalue weighted by Crippen LogP contribution is 2.17. The predicted molar refractivity (Wildman–Crippen MR) is 63.5 cm³/mol. The summed E-state index contributed by atoms with van der Waals surface area (Å²) in [5, 5.41) is 5.23. The Morgan fingerprint density at radius 2 is 2.56 bits per heavy atom. The maximum Gasteiger partial charge on any atom is 0.249 e. The van der Waals surface area contributed by atoms with Crippen molar-refractivity contribution in [2.75, 3.05) is 6.61 Å². The molecule has 0 aromatic carbocycles. The summed E-state index contributed by atoms with van der Waals surface area (Å²) < 4.78 is 5.46. The zero-order chi connectivity index (χ0) is 11.5. The molecule has 1 saturated heterocycles. The lowest BCUT2D eigenvalue weighted by atomic mass is 10.1. The Balaban J connectivity index is 1.87. The van der Waals surface area contributed by atoms with E-state index in [0.29, 0.717) is 11.6 Å². The SMILES string of the molecule is CC1OCCC1NCc1cc(C(N)=O)cs1. The van der Waals surface area contributed by atoms with Gasteiger partial charge in [-0.2, -0.15) is 0 Å². The Bertz CT molecular complexity index is 378. The highest BCUT2D eigenvalue weighted by Gasteiger charge is 2.23. The normalized spacial score (nSPS) is 24.8. The minimum Gasteiger partial charge on any atom is -0.377 e. The number of carbonyl (C=O) groups excluding carboxylic acids is 1.